The average molecular weight is 276 g/mol. The van der Waals surface area contributed by atoms with Crippen molar-refractivity contribution in [1.29, 1.82) is 0 Å². The van der Waals surface area contributed by atoms with Crippen molar-refractivity contribution in [1.82, 2.24) is 5.32 Å². The van der Waals surface area contributed by atoms with Crippen molar-refractivity contribution in [3.05, 3.63) is 35.4 Å². The van der Waals surface area contributed by atoms with E-state index in [0.717, 1.165) is 6.07 Å². The summed E-state index contributed by atoms with van der Waals surface area (Å²) in [5.74, 6) is -2.06. The monoisotopic (exact) mass is 275 g/mol. The maximum absolute atomic E-state index is 13.3. The number of carbonyl (C=O) groups is 1. The molecule has 1 aromatic rings. The van der Waals surface area contributed by atoms with Crippen LogP contribution in [0.1, 0.15) is 19.4 Å². The van der Waals surface area contributed by atoms with Gasteiger partial charge in [0.15, 0.2) is 11.6 Å². The van der Waals surface area contributed by atoms with E-state index in [-0.39, 0.29) is 29.2 Å². The lowest BCUT2D eigenvalue weighted by molar-refractivity contribution is -0.120. The Kier molecular flexibility index (Phi) is 5.54. The zero-order valence-electron chi connectivity index (χ0n) is 10.3. The maximum atomic E-state index is 13.3. The number of rotatable bonds is 5. The number of hydrogen-bond donors (Lipinski definition) is 1. The van der Waals surface area contributed by atoms with E-state index in [0.29, 0.717) is 6.54 Å². The maximum Gasteiger partial charge on any atom is 0.224 e. The molecule has 0 aliphatic rings. The van der Waals surface area contributed by atoms with E-state index in [1.165, 1.54) is 12.1 Å². The highest BCUT2D eigenvalue weighted by Crippen LogP contribution is 2.12. The zero-order chi connectivity index (χ0) is 13.7. The highest BCUT2D eigenvalue weighted by atomic mass is 35.5. The van der Waals surface area contributed by atoms with Gasteiger partial charge in [-0.1, -0.05) is 26.0 Å². The van der Waals surface area contributed by atoms with Gasteiger partial charge in [0.1, 0.15) is 0 Å². The van der Waals surface area contributed by atoms with Gasteiger partial charge >= 0.3 is 0 Å². The summed E-state index contributed by atoms with van der Waals surface area (Å²) in [7, 11) is 0. The van der Waals surface area contributed by atoms with E-state index in [9.17, 15) is 13.6 Å². The molecule has 0 radical (unpaired) electrons. The molecule has 0 saturated carbocycles. The first kappa shape index (κ1) is 14.9. The number of amides is 1. The van der Waals surface area contributed by atoms with E-state index in [2.05, 4.69) is 5.32 Å². The van der Waals surface area contributed by atoms with E-state index in [1.54, 1.807) is 0 Å². The molecule has 0 spiro atoms. The van der Waals surface area contributed by atoms with Gasteiger partial charge in [0.05, 0.1) is 11.8 Å². The smallest absolute Gasteiger partial charge is 0.224 e. The summed E-state index contributed by atoms with van der Waals surface area (Å²) in [5, 5.41) is 2.42. The van der Waals surface area contributed by atoms with Crippen LogP contribution in [0.5, 0.6) is 0 Å². The van der Waals surface area contributed by atoms with Crippen LogP contribution < -0.4 is 5.32 Å². The van der Waals surface area contributed by atoms with Gasteiger partial charge in [-0.3, -0.25) is 4.79 Å². The average Bonchev–Trinajstić information content (AvgIpc) is 2.32. The van der Waals surface area contributed by atoms with Crippen LogP contribution in [-0.2, 0) is 11.2 Å². The summed E-state index contributed by atoms with van der Waals surface area (Å²) >= 11 is 5.97. The van der Waals surface area contributed by atoms with Crippen LogP contribution in [0.15, 0.2) is 18.2 Å². The van der Waals surface area contributed by atoms with Crippen molar-refractivity contribution < 1.29 is 13.6 Å². The minimum atomic E-state index is -0.973. The Bertz CT molecular complexity index is 423. The van der Waals surface area contributed by atoms with Crippen LogP contribution in [0.4, 0.5) is 8.78 Å². The molecular formula is C13H16ClF2NO. The minimum Gasteiger partial charge on any atom is -0.354 e. The molecule has 5 heteroatoms. The largest absolute Gasteiger partial charge is 0.354 e. The van der Waals surface area contributed by atoms with Crippen LogP contribution in [0.2, 0.25) is 0 Å². The highest BCUT2D eigenvalue weighted by molar-refractivity contribution is 6.21. The van der Waals surface area contributed by atoms with Crippen LogP contribution in [0, 0.1) is 17.6 Å². The van der Waals surface area contributed by atoms with Crippen LogP contribution in [0.25, 0.3) is 0 Å². The summed E-state index contributed by atoms with van der Waals surface area (Å²) in [6, 6.07) is 3.78. The second-order valence-electron chi connectivity index (χ2n) is 4.45. The molecule has 0 aromatic heterocycles. The molecule has 0 aliphatic carbocycles. The number of carbonyl (C=O) groups excluding carboxylic acids is 1. The predicted molar refractivity (Wildman–Crippen MR) is 67.6 cm³/mol. The van der Waals surface area contributed by atoms with Crippen molar-refractivity contribution in [2.45, 2.75) is 25.6 Å². The molecule has 1 rings (SSSR count). The molecule has 2 nitrogen and oxygen atoms in total. The fourth-order valence-corrected chi connectivity index (χ4v) is 1.44. The number of halogens is 3. The molecule has 100 valence electrons. The second kappa shape index (κ2) is 6.69. The topological polar surface area (TPSA) is 29.1 Å². The molecule has 1 aromatic carbocycles. The third-order valence-electron chi connectivity index (χ3n) is 2.60. The van der Waals surface area contributed by atoms with E-state index >= 15 is 0 Å². The Hall–Kier alpha value is -1.16. The number of benzene rings is 1. The molecule has 0 saturated heterocycles. The SMILES string of the molecule is CC(C)C(Cl)CNC(=O)Cc1cccc(F)c1F. The Morgan fingerprint density at radius 3 is 2.67 bits per heavy atom. The molecule has 1 amide bonds. The molecule has 18 heavy (non-hydrogen) atoms. The summed E-state index contributed by atoms with van der Waals surface area (Å²) < 4.78 is 26.2. The van der Waals surface area contributed by atoms with Crippen LogP contribution >= 0.6 is 11.6 Å². The van der Waals surface area contributed by atoms with E-state index in [1.807, 2.05) is 13.8 Å². The summed E-state index contributed by atoms with van der Waals surface area (Å²) in [6.07, 6.45) is -0.189. The molecular weight excluding hydrogens is 260 g/mol. The molecule has 1 N–H and O–H groups in total. The fraction of sp³-hybridized carbons (Fsp3) is 0.462. The van der Waals surface area contributed by atoms with Crippen molar-refractivity contribution in [3.8, 4) is 0 Å². The Balaban J connectivity index is 2.52. The number of alkyl halides is 1. The van der Waals surface area contributed by atoms with Crippen molar-refractivity contribution in [2.24, 2.45) is 5.92 Å². The fourth-order valence-electron chi connectivity index (χ4n) is 1.37. The quantitative estimate of drug-likeness (QED) is 0.823. The van der Waals surface area contributed by atoms with Crippen LogP contribution in [-0.4, -0.2) is 17.8 Å². The molecule has 0 heterocycles. The van der Waals surface area contributed by atoms with Gasteiger partial charge in [-0.15, -0.1) is 11.6 Å². The number of nitrogens with one attached hydrogen (secondary N) is 1. The molecule has 0 bridgehead atoms. The molecule has 0 aliphatic heterocycles. The van der Waals surface area contributed by atoms with Gasteiger partial charge in [0.2, 0.25) is 5.91 Å². The van der Waals surface area contributed by atoms with Crippen molar-refractivity contribution >= 4 is 17.5 Å². The van der Waals surface area contributed by atoms with Gasteiger partial charge < -0.3 is 5.32 Å². The van der Waals surface area contributed by atoms with Crippen molar-refractivity contribution in [2.75, 3.05) is 6.54 Å². The highest BCUT2D eigenvalue weighted by Gasteiger charge is 2.14. The third-order valence-corrected chi connectivity index (χ3v) is 3.26. The number of hydrogen-bond acceptors (Lipinski definition) is 1. The van der Waals surface area contributed by atoms with E-state index in [4.69, 9.17) is 11.6 Å². The minimum absolute atomic E-state index is 0.0446. The first-order valence-corrected chi connectivity index (χ1v) is 6.19. The lowest BCUT2D eigenvalue weighted by Crippen LogP contribution is -2.33. The zero-order valence-corrected chi connectivity index (χ0v) is 11.1. The molecule has 1 atom stereocenters. The molecule has 1 unspecified atom stereocenters. The van der Waals surface area contributed by atoms with Gasteiger partial charge in [-0.25, -0.2) is 8.78 Å². The normalized spacial score (nSPS) is 12.6. The Morgan fingerprint density at radius 1 is 1.39 bits per heavy atom. The lowest BCUT2D eigenvalue weighted by Gasteiger charge is -2.14. The summed E-state index contributed by atoms with van der Waals surface area (Å²) in [5.41, 5.74) is 0.0446. The van der Waals surface area contributed by atoms with Crippen molar-refractivity contribution in [3.63, 3.8) is 0 Å². The Labute approximate surface area is 110 Å². The standard InChI is InChI=1S/C13H16ClF2NO/c1-8(2)10(14)7-17-12(18)6-9-4-3-5-11(15)13(9)16/h3-5,8,10H,6-7H2,1-2H3,(H,17,18). The summed E-state index contributed by atoms with van der Waals surface area (Å²) in [6.45, 7) is 4.20. The van der Waals surface area contributed by atoms with Gasteiger partial charge in [-0.2, -0.15) is 0 Å². The lowest BCUT2D eigenvalue weighted by atomic mass is 10.1. The predicted octanol–water partition coefficient (Wildman–Crippen LogP) is 2.89. The summed E-state index contributed by atoms with van der Waals surface area (Å²) in [4.78, 5) is 11.5. The third kappa shape index (κ3) is 4.26. The van der Waals surface area contributed by atoms with Gasteiger partial charge in [-0.05, 0) is 12.0 Å². The van der Waals surface area contributed by atoms with Gasteiger partial charge in [0.25, 0.3) is 0 Å². The van der Waals surface area contributed by atoms with E-state index < -0.39 is 11.6 Å². The second-order valence-corrected chi connectivity index (χ2v) is 5.01. The van der Waals surface area contributed by atoms with Gasteiger partial charge in [0, 0.05) is 12.1 Å². The van der Waals surface area contributed by atoms with Crippen LogP contribution in [0.3, 0.4) is 0 Å². The Morgan fingerprint density at radius 2 is 2.06 bits per heavy atom. The first-order chi connectivity index (χ1) is 8.41. The first-order valence-electron chi connectivity index (χ1n) is 5.75. The molecule has 0 fully saturated rings.